The van der Waals surface area contributed by atoms with Crippen molar-refractivity contribution in [3.05, 3.63) is 41.8 Å². The predicted octanol–water partition coefficient (Wildman–Crippen LogP) is 1.35. The lowest BCUT2D eigenvalue weighted by atomic mass is 10.2. The Kier molecular flexibility index (Phi) is 5.35. The maximum absolute atomic E-state index is 11.8. The van der Waals surface area contributed by atoms with Crippen LogP contribution in [0.4, 0.5) is 11.4 Å². The number of nitrogens with zero attached hydrogens (tertiary/aromatic N) is 2. The quantitative estimate of drug-likeness (QED) is 0.840. The topological polar surface area (TPSA) is 87.5 Å². The fourth-order valence-electron chi connectivity index (χ4n) is 1.96. The Morgan fingerprint density at radius 2 is 1.87 bits per heavy atom. The van der Waals surface area contributed by atoms with Gasteiger partial charge in [0, 0.05) is 31.5 Å². The number of anilines is 2. The highest BCUT2D eigenvalue weighted by molar-refractivity contribution is 5.94. The van der Waals surface area contributed by atoms with Gasteiger partial charge in [0.15, 0.2) is 0 Å². The first-order chi connectivity index (χ1) is 10.9. The van der Waals surface area contributed by atoms with E-state index in [-0.39, 0.29) is 24.8 Å². The molecule has 0 saturated carbocycles. The third kappa shape index (κ3) is 5.14. The molecular formula is C16H20N4O3. The van der Waals surface area contributed by atoms with E-state index in [1.54, 1.807) is 13.0 Å². The predicted molar refractivity (Wildman–Crippen MR) is 87.4 cm³/mol. The first kappa shape index (κ1) is 16.5. The summed E-state index contributed by atoms with van der Waals surface area (Å²) in [5.74, 6) is 0.0791. The van der Waals surface area contributed by atoms with Crippen molar-refractivity contribution in [3.63, 3.8) is 0 Å². The molecule has 0 aliphatic carbocycles. The first-order valence-electron chi connectivity index (χ1n) is 7.20. The molecule has 0 atom stereocenters. The van der Waals surface area contributed by atoms with Gasteiger partial charge in [-0.25, -0.2) is 0 Å². The smallest absolute Gasteiger partial charge is 0.243 e. The van der Waals surface area contributed by atoms with Gasteiger partial charge in [-0.05, 0) is 31.2 Å². The number of hydrogen-bond acceptors (Lipinski definition) is 5. The summed E-state index contributed by atoms with van der Waals surface area (Å²) in [4.78, 5) is 25.5. The van der Waals surface area contributed by atoms with Crippen LogP contribution in [0.2, 0.25) is 0 Å². The minimum absolute atomic E-state index is 0.0855. The first-order valence-corrected chi connectivity index (χ1v) is 7.20. The van der Waals surface area contributed by atoms with Crippen LogP contribution < -0.4 is 15.5 Å². The highest BCUT2D eigenvalue weighted by Crippen LogP contribution is 2.15. The molecule has 7 nitrogen and oxygen atoms in total. The Hall–Kier alpha value is -2.83. The zero-order chi connectivity index (χ0) is 16.8. The maximum atomic E-state index is 11.8. The Morgan fingerprint density at radius 1 is 1.17 bits per heavy atom. The second kappa shape index (κ2) is 7.44. The maximum Gasteiger partial charge on any atom is 0.243 e. The van der Waals surface area contributed by atoms with Crippen molar-refractivity contribution in [2.24, 2.45) is 0 Å². The van der Waals surface area contributed by atoms with Crippen molar-refractivity contribution in [2.75, 3.05) is 30.9 Å². The molecule has 122 valence electrons. The number of hydrogen-bond donors (Lipinski definition) is 2. The van der Waals surface area contributed by atoms with Gasteiger partial charge in [0.25, 0.3) is 0 Å². The number of carbonyl (C=O) groups is 2. The van der Waals surface area contributed by atoms with Crippen LogP contribution in [0.3, 0.4) is 0 Å². The van der Waals surface area contributed by atoms with E-state index in [2.05, 4.69) is 15.8 Å². The molecule has 7 heteroatoms. The van der Waals surface area contributed by atoms with Crippen LogP contribution in [0.5, 0.6) is 0 Å². The van der Waals surface area contributed by atoms with Gasteiger partial charge in [-0.3, -0.25) is 9.59 Å². The number of nitrogens with one attached hydrogen (secondary N) is 2. The normalized spacial score (nSPS) is 10.2. The van der Waals surface area contributed by atoms with Gasteiger partial charge in [0.05, 0.1) is 18.7 Å². The largest absolute Gasteiger partial charge is 0.378 e. The molecule has 0 radical (unpaired) electrons. The fraction of sp³-hybridized carbons (Fsp3) is 0.312. The van der Waals surface area contributed by atoms with Crippen molar-refractivity contribution in [2.45, 2.75) is 13.3 Å². The van der Waals surface area contributed by atoms with E-state index in [1.807, 2.05) is 43.3 Å². The summed E-state index contributed by atoms with van der Waals surface area (Å²) in [7, 11) is 3.89. The lowest BCUT2D eigenvalue weighted by Crippen LogP contribution is -2.33. The molecule has 0 unspecified atom stereocenters. The molecule has 23 heavy (non-hydrogen) atoms. The molecule has 2 N–H and O–H groups in total. The van der Waals surface area contributed by atoms with Crippen molar-refractivity contribution >= 4 is 23.2 Å². The zero-order valence-electron chi connectivity index (χ0n) is 13.4. The van der Waals surface area contributed by atoms with Gasteiger partial charge >= 0.3 is 0 Å². The minimum Gasteiger partial charge on any atom is -0.378 e. The molecule has 1 heterocycles. The third-order valence-corrected chi connectivity index (χ3v) is 3.13. The molecule has 0 aliphatic rings. The van der Waals surface area contributed by atoms with Gasteiger partial charge in [0.1, 0.15) is 5.76 Å². The van der Waals surface area contributed by atoms with Gasteiger partial charge in [-0.1, -0.05) is 5.16 Å². The second-order valence-electron chi connectivity index (χ2n) is 5.37. The summed E-state index contributed by atoms with van der Waals surface area (Å²) >= 11 is 0. The zero-order valence-corrected chi connectivity index (χ0v) is 13.4. The fourth-order valence-corrected chi connectivity index (χ4v) is 1.96. The van der Waals surface area contributed by atoms with Crippen molar-refractivity contribution in [3.8, 4) is 0 Å². The van der Waals surface area contributed by atoms with Crippen LogP contribution in [0.15, 0.2) is 34.9 Å². The van der Waals surface area contributed by atoms with Crippen molar-refractivity contribution < 1.29 is 14.1 Å². The highest BCUT2D eigenvalue weighted by atomic mass is 16.5. The van der Waals surface area contributed by atoms with Gasteiger partial charge in [-0.2, -0.15) is 0 Å². The molecule has 2 aromatic rings. The SMILES string of the molecule is Cc1cc(CC(=O)NCC(=O)Nc2ccc(N(C)C)cc2)no1. The van der Waals surface area contributed by atoms with Crippen molar-refractivity contribution in [1.82, 2.24) is 10.5 Å². The number of amides is 2. The van der Waals surface area contributed by atoms with Gasteiger partial charge < -0.3 is 20.1 Å². The highest BCUT2D eigenvalue weighted by Gasteiger charge is 2.09. The van der Waals surface area contributed by atoms with E-state index in [0.29, 0.717) is 17.1 Å². The minimum atomic E-state index is -0.285. The van der Waals surface area contributed by atoms with Crippen molar-refractivity contribution in [1.29, 1.82) is 0 Å². The van der Waals surface area contributed by atoms with Crippen LogP contribution in [0.25, 0.3) is 0 Å². The number of aromatic nitrogens is 1. The Labute approximate surface area is 134 Å². The lowest BCUT2D eigenvalue weighted by Gasteiger charge is -2.13. The average molecular weight is 316 g/mol. The summed E-state index contributed by atoms with van der Waals surface area (Å²) in [6.07, 6.45) is 0.0855. The number of benzene rings is 1. The van der Waals surface area contributed by atoms with E-state index in [1.165, 1.54) is 0 Å². The lowest BCUT2D eigenvalue weighted by molar-refractivity contribution is -0.123. The number of aryl methyl sites for hydroxylation is 1. The van der Waals surface area contributed by atoms with Gasteiger partial charge in [-0.15, -0.1) is 0 Å². The van der Waals surface area contributed by atoms with Crippen LogP contribution in [0, 0.1) is 6.92 Å². The third-order valence-electron chi connectivity index (χ3n) is 3.13. The van der Waals surface area contributed by atoms with E-state index >= 15 is 0 Å². The molecule has 0 fully saturated rings. The molecule has 0 spiro atoms. The van der Waals surface area contributed by atoms with Crippen LogP contribution >= 0.6 is 0 Å². The number of rotatable bonds is 6. The molecule has 0 bridgehead atoms. The summed E-state index contributed by atoms with van der Waals surface area (Å²) in [5.41, 5.74) is 2.26. The van der Waals surface area contributed by atoms with Gasteiger partial charge in [0.2, 0.25) is 11.8 Å². The van der Waals surface area contributed by atoms with E-state index in [0.717, 1.165) is 5.69 Å². The van der Waals surface area contributed by atoms with Crippen LogP contribution in [0.1, 0.15) is 11.5 Å². The molecular weight excluding hydrogens is 296 g/mol. The Bertz CT molecular complexity index is 677. The monoisotopic (exact) mass is 316 g/mol. The summed E-state index contributed by atoms with van der Waals surface area (Å²) in [6, 6.07) is 9.12. The second-order valence-corrected chi connectivity index (χ2v) is 5.37. The Balaban J connectivity index is 1.77. The standard InChI is InChI=1S/C16H20N4O3/c1-11-8-13(19-23-11)9-15(21)17-10-16(22)18-12-4-6-14(7-5-12)20(2)3/h4-8H,9-10H2,1-3H3,(H,17,21)(H,18,22). The summed E-state index contributed by atoms with van der Waals surface area (Å²) in [5, 5.41) is 9.01. The van der Waals surface area contributed by atoms with E-state index < -0.39 is 0 Å². The van der Waals surface area contributed by atoms with Crippen LogP contribution in [-0.4, -0.2) is 37.6 Å². The molecule has 2 rings (SSSR count). The molecule has 2 amide bonds. The summed E-state index contributed by atoms with van der Waals surface area (Å²) < 4.78 is 4.88. The molecule has 1 aromatic heterocycles. The van der Waals surface area contributed by atoms with Crippen LogP contribution in [-0.2, 0) is 16.0 Å². The molecule has 0 saturated heterocycles. The molecule has 1 aromatic carbocycles. The Morgan fingerprint density at radius 3 is 2.43 bits per heavy atom. The van der Waals surface area contributed by atoms with E-state index in [4.69, 9.17) is 4.52 Å². The van der Waals surface area contributed by atoms with E-state index in [9.17, 15) is 9.59 Å². The molecule has 0 aliphatic heterocycles. The number of carbonyl (C=O) groups excluding carboxylic acids is 2. The summed E-state index contributed by atoms with van der Waals surface area (Å²) in [6.45, 7) is 1.66. The average Bonchev–Trinajstić information content (AvgIpc) is 2.91.